The molecule has 0 aliphatic carbocycles. The molecule has 1 aromatic rings. The second-order valence-electron chi connectivity index (χ2n) is 3.49. The van der Waals surface area contributed by atoms with Crippen molar-refractivity contribution >= 4 is 5.97 Å². The van der Waals surface area contributed by atoms with Crippen molar-refractivity contribution in [3.8, 4) is 5.75 Å². The SMILES string of the molecule is COCCCCOc1ccc(F)cc1C(=O)O. The van der Waals surface area contributed by atoms with Gasteiger partial charge in [0, 0.05) is 13.7 Å². The minimum Gasteiger partial charge on any atom is -0.493 e. The zero-order chi connectivity index (χ0) is 12.7. The molecule has 4 nitrogen and oxygen atoms in total. The average molecular weight is 242 g/mol. The van der Waals surface area contributed by atoms with Gasteiger partial charge in [-0.3, -0.25) is 0 Å². The van der Waals surface area contributed by atoms with E-state index in [0.29, 0.717) is 13.2 Å². The molecule has 0 bridgehead atoms. The first kappa shape index (κ1) is 13.4. The first-order valence-electron chi connectivity index (χ1n) is 5.29. The number of hydrogen-bond donors (Lipinski definition) is 1. The Labute approximate surface area is 99.0 Å². The zero-order valence-electron chi connectivity index (χ0n) is 9.61. The molecule has 5 heteroatoms. The molecule has 94 valence electrons. The fourth-order valence-electron chi connectivity index (χ4n) is 1.33. The molecule has 0 aliphatic rings. The molecule has 17 heavy (non-hydrogen) atoms. The van der Waals surface area contributed by atoms with Crippen LogP contribution in [0.2, 0.25) is 0 Å². The van der Waals surface area contributed by atoms with E-state index in [9.17, 15) is 9.18 Å². The van der Waals surface area contributed by atoms with Gasteiger partial charge in [0.2, 0.25) is 0 Å². The Hall–Kier alpha value is -1.62. The maximum Gasteiger partial charge on any atom is 0.339 e. The van der Waals surface area contributed by atoms with E-state index in [1.54, 1.807) is 7.11 Å². The molecule has 0 atom stereocenters. The van der Waals surface area contributed by atoms with Crippen molar-refractivity contribution in [1.82, 2.24) is 0 Å². The van der Waals surface area contributed by atoms with Gasteiger partial charge >= 0.3 is 5.97 Å². The summed E-state index contributed by atoms with van der Waals surface area (Å²) in [5, 5.41) is 8.86. The summed E-state index contributed by atoms with van der Waals surface area (Å²) in [4.78, 5) is 10.8. The fraction of sp³-hybridized carbons (Fsp3) is 0.417. The number of hydrogen-bond acceptors (Lipinski definition) is 3. The molecule has 0 saturated heterocycles. The number of unbranched alkanes of at least 4 members (excludes halogenated alkanes) is 1. The number of aromatic carboxylic acids is 1. The summed E-state index contributed by atoms with van der Waals surface area (Å²) in [6, 6.07) is 3.46. The highest BCUT2D eigenvalue weighted by Gasteiger charge is 2.12. The van der Waals surface area contributed by atoms with E-state index in [2.05, 4.69) is 0 Å². The van der Waals surface area contributed by atoms with Crippen molar-refractivity contribution in [2.24, 2.45) is 0 Å². The van der Waals surface area contributed by atoms with E-state index in [1.807, 2.05) is 0 Å². The average Bonchev–Trinajstić information content (AvgIpc) is 2.30. The third-order valence-electron chi connectivity index (χ3n) is 2.17. The Morgan fingerprint density at radius 3 is 2.71 bits per heavy atom. The number of ether oxygens (including phenoxy) is 2. The summed E-state index contributed by atoms with van der Waals surface area (Å²) in [7, 11) is 1.61. The second-order valence-corrected chi connectivity index (χ2v) is 3.49. The van der Waals surface area contributed by atoms with E-state index in [-0.39, 0.29) is 11.3 Å². The van der Waals surface area contributed by atoms with Gasteiger partial charge in [-0.2, -0.15) is 0 Å². The Morgan fingerprint density at radius 2 is 2.06 bits per heavy atom. The number of halogens is 1. The quantitative estimate of drug-likeness (QED) is 0.745. The number of carboxylic acid groups (broad SMARTS) is 1. The number of benzene rings is 1. The van der Waals surface area contributed by atoms with Gasteiger partial charge in [-0.1, -0.05) is 0 Å². The first-order chi connectivity index (χ1) is 8.15. The topological polar surface area (TPSA) is 55.8 Å². The molecular formula is C12H15FO4. The smallest absolute Gasteiger partial charge is 0.339 e. The van der Waals surface area contributed by atoms with Crippen molar-refractivity contribution < 1.29 is 23.8 Å². The highest BCUT2D eigenvalue weighted by molar-refractivity contribution is 5.90. The van der Waals surface area contributed by atoms with Crippen LogP contribution in [0.25, 0.3) is 0 Å². The first-order valence-corrected chi connectivity index (χ1v) is 5.29. The minimum atomic E-state index is -1.20. The van der Waals surface area contributed by atoms with Gasteiger partial charge in [-0.25, -0.2) is 9.18 Å². The molecule has 1 aromatic carbocycles. The second kappa shape index (κ2) is 6.85. The molecule has 0 unspecified atom stereocenters. The van der Waals surface area contributed by atoms with Crippen molar-refractivity contribution in [3.63, 3.8) is 0 Å². The van der Waals surface area contributed by atoms with Crippen molar-refractivity contribution in [3.05, 3.63) is 29.6 Å². The molecule has 1 rings (SSSR count). The number of methoxy groups -OCH3 is 1. The predicted octanol–water partition coefficient (Wildman–Crippen LogP) is 2.33. The Morgan fingerprint density at radius 1 is 1.35 bits per heavy atom. The van der Waals surface area contributed by atoms with Crippen LogP contribution < -0.4 is 4.74 Å². The van der Waals surface area contributed by atoms with Gasteiger partial charge in [-0.15, -0.1) is 0 Å². The summed E-state index contributed by atoms with van der Waals surface area (Å²) in [6.07, 6.45) is 1.59. The summed E-state index contributed by atoms with van der Waals surface area (Å²) in [5.41, 5.74) is -0.156. The molecule has 0 fully saturated rings. The fourth-order valence-corrected chi connectivity index (χ4v) is 1.33. The highest BCUT2D eigenvalue weighted by atomic mass is 19.1. The van der Waals surface area contributed by atoms with Gasteiger partial charge < -0.3 is 14.6 Å². The number of carbonyl (C=O) groups is 1. The molecule has 0 radical (unpaired) electrons. The molecule has 1 N–H and O–H groups in total. The lowest BCUT2D eigenvalue weighted by Crippen LogP contribution is -2.05. The van der Waals surface area contributed by atoms with E-state index >= 15 is 0 Å². The maximum atomic E-state index is 12.9. The highest BCUT2D eigenvalue weighted by Crippen LogP contribution is 2.20. The normalized spacial score (nSPS) is 10.2. The molecule has 0 aromatic heterocycles. The molecular weight excluding hydrogens is 227 g/mol. The Balaban J connectivity index is 2.55. The standard InChI is InChI=1S/C12H15FO4/c1-16-6-2-3-7-17-11-5-4-9(13)8-10(11)12(14)15/h4-5,8H,2-3,6-7H2,1H3,(H,14,15). The number of rotatable bonds is 7. The maximum absolute atomic E-state index is 12.9. The lowest BCUT2D eigenvalue weighted by Gasteiger charge is -2.08. The lowest BCUT2D eigenvalue weighted by atomic mass is 10.2. The third kappa shape index (κ3) is 4.40. The van der Waals surface area contributed by atoms with Crippen LogP contribution in [-0.4, -0.2) is 31.4 Å². The van der Waals surface area contributed by atoms with Gasteiger partial charge in [-0.05, 0) is 31.0 Å². The predicted molar refractivity (Wildman–Crippen MR) is 60.0 cm³/mol. The van der Waals surface area contributed by atoms with Crippen LogP contribution in [0, 0.1) is 5.82 Å². The molecule has 0 heterocycles. The minimum absolute atomic E-state index is 0.156. The van der Waals surface area contributed by atoms with Crippen LogP contribution in [0.1, 0.15) is 23.2 Å². The van der Waals surface area contributed by atoms with Crippen molar-refractivity contribution in [2.45, 2.75) is 12.8 Å². The van der Waals surface area contributed by atoms with Crippen molar-refractivity contribution in [1.29, 1.82) is 0 Å². The van der Waals surface area contributed by atoms with E-state index in [1.165, 1.54) is 12.1 Å². The lowest BCUT2D eigenvalue weighted by molar-refractivity contribution is 0.0691. The Bertz CT molecular complexity index is 379. The molecule has 0 saturated carbocycles. The van der Waals surface area contributed by atoms with Crippen LogP contribution >= 0.6 is 0 Å². The van der Waals surface area contributed by atoms with Gasteiger partial charge in [0.05, 0.1) is 6.61 Å². The Kier molecular flexibility index (Phi) is 5.42. The van der Waals surface area contributed by atoms with Crippen LogP contribution in [-0.2, 0) is 4.74 Å². The molecule has 0 amide bonds. The summed E-state index contributed by atoms with van der Waals surface area (Å²) < 4.78 is 23.0. The van der Waals surface area contributed by atoms with E-state index < -0.39 is 11.8 Å². The summed E-state index contributed by atoms with van der Waals surface area (Å²) in [6.45, 7) is 1.02. The van der Waals surface area contributed by atoms with Crippen LogP contribution in [0.3, 0.4) is 0 Å². The van der Waals surface area contributed by atoms with E-state index in [4.69, 9.17) is 14.6 Å². The molecule has 0 spiro atoms. The monoisotopic (exact) mass is 242 g/mol. The van der Waals surface area contributed by atoms with Gasteiger partial charge in [0.25, 0.3) is 0 Å². The summed E-state index contributed by atoms with van der Waals surface area (Å²) in [5.74, 6) is -1.60. The van der Waals surface area contributed by atoms with Crippen molar-refractivity contribution in [2.75, 3.05) is 20.3 Å². The summed E-state index contributed by atoms with van der Waals surface area (Å²) >= 11 is 0. The molecule has 0 aliphatic heterocycles. The van der Waals surface area contributed by atoms with Crippen LogP contribution in [0.4, 0.5) is 4.39 Å². The van der Waals surface area contributed by atoms with Gasteiger partial charge in [0.15, 0.2) is 0 Å². The van der Waals surface area contributed by atoms with Crippen LogP contribution in [0.5, 0.6) is 5.75 Å². The van der Waals surface area contributed by atoms with E-state index in [0.717, 1.165) is 18.9 Å². The zero-order valence-corrected chi connectivity index (χ0v) is 9.61. The largest absolute Gasteiger partial charge is 0.493 e. The van der Waals surface area contributed by atoms with Crippen LogP contribution in [0.15, 0.2) is 18.2 Å². The third-order valence-corrected chi connectivity index (χ3v) is 2.17. The van der Waals surface area contributed by atoms with Gasteiger partial charge in [0.1, 0.15) is 17.1 Å². The number of carboxylic acids is 1.